The highest BCUT2D eigenvalue weighted by atomic mass is 19.1. The number of carbonyl (C=O) groups is 4. The van der Waals surface area contributed by atoms with Gasteiger partial charge in [0.15, 0.2) is 0 Å². The number of carbonyl (C=O) groups excluding carboxylic acids is 4. The molecule has 0 radical (unpaired) electrons. The van der Waals surface area contributed by atoms with Gasteiger partial charge in [-0.3, -0.25) is 19.2 Å². The molecule has 4 amide bonds. The number of nitrogens with one attached hydrogen (secondary N) is 2. The summed E-state index contributed by atoms with van der Waals surface area (Å²) in [5, 5.41) is 5.85. The van der Waals surface area contributed by atoms with Gasteiger partial charge in [-0.15, -0.1) is 0 Å². The van der Waals surface area contributed by atoms with Crippen LogP contribution in [0.3, 0.4) is 0 Å². The van der Waals surface area contributed by atoms with Crippen LogP contribution >= 0.6 is 0 Å². The number of nitrogens with two attached hydrogens (primary N) is 2. The van der Waals surface area contributed by atoms with E-state index in [9.17, 15) is 19.2 Å². The summed E-state index contributed by atoms with van der Waals surface area (Å²) in [5.74, 6) is 7.67. The van der Waals surface area contributed by atoms with Crippen LogP contribution in [0, 0.1) is 35.3 Å². The largest absolute Gasteiger partial charge is 0.366 e. The first-order chi connectivity index (χ1) is 29.0. The van der Waals surface area contributed by atoms with Crippen LogP contribution in [0.1, 0.15) is 171 Å². The van der Waals surface area contributed by atoms with Gasteiger partial charge in [-0.1, -0.05) is 48.0 Å². The molecule has 60 heavy (non-hydrogen) atoms. The lowest BCUT2D eigenvalue weighted by atomic mass is 9.83. The van der Waals surface area contributed by atoms with E-state index in [0.29, 0.717) is 41.5 Å². The van der Waals surface area contributed by atoms with Crippen LogP contribution in [0.2, 0.25) is 0 Å². The van der Waals surface area contributed by atoms with E-state index in [1.165, 1.54) is 47.3 Å². The minimum absolute atomic E-state index is 0.0757. The molecule has 6 N–H and O–H groups in total. The van der Waals surface area contributed by atoms with E-state index < -0.39 is 23.4 Å². The van der Waals surface area contributed by atoms with Crippen molar-refractivity contribution >= 4 is 45.9 Å². The van der Waals surface area contributed by atoms with Crippen molar-refractivity contribution in [2.45, 2.75) is 142 Å². The van der Waals surface area contributed by atoms with Gasteiger partial charge in [-0.25, -0.2) is 8.78 Å². The lowest BCUT2D eigenvalue weighted by Crippen LogP contribution is -2.35. The van der Waals surface area contributed by atoms with Crippen LogP contribution < -0.4 is 22.1 Å². The topological polar surface area (TPSA) is 144 Å². The van der Waals surface area contributed by atoms with E-state index in [1.807, 2.05) is 6.08 Å². The minimum atomic E-state index is -0.574. The molecule has 0 fully saturated rings. The molecule has 2 atom stereocenters. The molecule has 10 heteroatoms. The van der Waals surface area contributed by atoms with Gasteiger partial charge in [0, 0.05) is 34.3 Å². The zero-order chi connectivity index (χ0) is 42.5. The number of fused-ring (bicyclic) bond motifs is 4. The third kappa shape index (κ3) is 8.89. The molecule has 0 heterocycles. The number of benzene rings is 2. The zero-order valence-corrected chi connectivity index (χ0v) is 34.7. The molecular weight excluding hydrogens is 759 g/mol. The average molecular weight is 813 g/mol. The summed E-state index contributed by atoms with van der Waals surface area (Å²) in [6.45, 7) is 3.25. The standard InChI is InChI=1S/2C25H27FN2O2/c2*1-2-7-22(29)28-17-10-6-9-16(12-17)23-21(26)14-20(25(27)30)19-13-15-8-4-3-5-11-18(15)24(19)23/h12,14,17H,3-6,8-11,13H2,1H3,(H2,27,30)(H,28,29);9,14,17H,3-6,8,10-13H2,1H3,(H2,27,30)(H,28,29)/t2*17-/m00/s1. The first-order valence-electron chi connectivity index (χ1n) is 21.6. The summed E-state index contributed by atoms with van der Waals surface area (Å²) in [7, 11) is 0. The van der Waals surface area contributed by atoms with Crippen molar-refractivity contribution in [3.63, 3.8) is 0 Å². The fourth-order valence-corrected chi connectivity index (χ4v) is 10.3. The van der Waals surface area contributed by atoms with Gasteiger partial charge in [0.1, 0.15) is 11.6 Å². The van der Waals surface area contributed by atoms with Gasteiger partial charge in [0.05, 0.1) is 0 Å². The summed E-state index contributed by atoms with van der Waals surface area (Å²) >= 11 is 0. The number of hydrogen-bond acceptors (Lipinski definition) is 4. The molecule has 8 rings (SSSR count). The van der Waals surface area contributed by atoms with E-state index in [4.69, 9.17) is 11.5 Å². The SMILES string of the molecule is CC#CC(=O)N[C@@H]1C=C(c2c(F)cc(C(N)=O)c3c2C2=C(CCCCC2)C3)CCC1.CC#CC(=O)N[C@H]1CCC=C(c2c(F)cc(C(N)=O)c3c2C2=C(CCCCC2)C3)C1. The maximum Gasteiger partial charge on any atom is 0.296 e. The van der Waals surface area contributed by atoms with Gasteiger partial charge in [0.2, 0.25) is 11.8 Å². The van der Waals surface area contributed by atoms with Crippen molar-refractivity contribution in [1.29, 1.82) is 0 Å². The molecule has 0 aliphatic heterocycles. The molecule has 312 valence electrons. The number of rotatable bonds is 6. The molecule has 6 aliphatic carbocycles. The second-order valence-electron chi connectivity index (χ2n) is 16.7. The zero-order valence-electron chi connectivity index (χ0n) is 34.7. The van der Waals surface area contributed by atoms with Crippen molar-refractivity contribution in [1.82, 2.24) is 10.6 Å². The molecule has 0 spiro atoms. The Morgan fingerprint density at radius 1 is 0.633 bits per heavy atom. The Kier molecular flexibility index (Phi) is 13.2. The van der Waals surface area contributed by atoms with Crippen molar-refractivity contribution in [3.8, 4) is 23.7 Å². The summed E-state index contributed by atoms with van der Waals surface area (Å²) in [6.07, 6.45) is 20.5. The summed E-state index contributed by atoms with van der Waals surface area (Å²) < 4.78 is 30.9. The summed E-state index contributed by atoms with van der Waals surface area (Å²) in [6, 6.07) is 2.38. The Hall–Kier alpha value is -5.74. The third-order valence-electron chi connectivity index (χ3n) is 12.9. The fraction of sp³-hybridized carbons (Fsp3) is 0.440. The van der Waals surface area contributed by atoms with E-state index in [0.717, 1.165) is 117 Å². The van der Waals surface area contributed by atoms with Crippen LogP contribution in [-0.4, -0.2) is 35.7 Å². The van der Waals surface area contributed by atoms with Gasteiger partial charge >= 0.3 is 0 Å². The monoisotopic (exact) mass is 812 g/mol. The Bertz CT molecular complexity index is 2410. The second-order valence-corrected chi connectivity index (χ2v) is 16.7. The highest BCUT2D eigenvalue weighted by molar-refractivity contribution is 6.01. The normalized spacial score (nSPS) is 20.3. The molecule has 2 aromatic rings. The van der Waals surface area contributed by atoms with Crippen LogP contribution in [0.15, 0.2) is 35.4 Å². The van der Waals surface area contributed by atoms with Crippen LogP contribution in [0.5, 0.6) is 0 Å². The fourth-order valence-electron chi connectivity index (χ4n) is 10.3. The Labute approximate surface area is 351 Å². The molecule has 0 aromatic heterocycles. The van der Waals surface area contributed by atoms with Crippen molar-refractivity contribution in [2.24, 2.45) is 11.5 Å². The molecule has 6 aliphatic rings. The molecular formula is C50H54F2N4O4. The molecule has 0 bridgehead atoms. The third-order valence-corrected chi connectivity index (χ3v) is 12.9. The summed E-state index contributed by atoms with van der Waals surface area (Å²) in [4.78, 5) is 48.0. The lowest BCUT2D eigenvalue weighted by molar-refractivity contribution is -0.117. The number of allylic oxidation sites excluding steroid dienone is 6. The molecule has 0 saturated carbocycles. The highest BCUT2D eigenvalue weighted by Gasteiger charge is 2.35. The average Bonchev–Trinajstić information content (AvgIpc) is 3.51. The quantitative estimate of drug-likeness (QED) is 0.217. The van der Waals surface area contributed by atoms with Crippen LogP contribution in [0.25, 0.3) is 22.3 Å². The second kappa shape index (κ2) is 18.7. The predicted molar refractivity (Wildman–Crippen MR) is 232 cm³/mol. The molecule has 0 unspecified atom stereocenters. The predicted octanol–water partition coefficient (Wildman–Crippen LogP) is 8.55. The Morgan fingerprint density at radius 2 is 1.15 bits per heavy atom. The van der Waals surface area contributed by atoms with Gasteiger partial charge in [-0.2, -0.15) is 0 Å². The summed E-state index contributed by atoms with van der Waals surface area (Å²) in [5.41, 5.74) is 23.5. The maximum absolute atomic E-state index is 15.4. The van der Waals surface area contributed by atoms with Crippen molar-refractivity contribution < 1.29 is 28.0 Å². The van der Waals surface area contributed by atoms with E-state index >= 15 is 8.78 Å². The van der Waals surface area contributed by atoms with Gasteiger partial charge < -0.3 is 22.1 Å². The molecule has 8 nitrogen and oxygen atoms in total. The van der Waals surface area contributed by atoms with Crippen LogP contribution in [-0.2, 0) is 22.4 Å². The van der Waals surface area contributed by atoms with Crippen LogP contribution in [0.4, 0.5) is 8.78 Å². The minimum Gasteiger partial charge on any atom is -0.366 e. The molecule has 0 saturated heterocycles. The van der Waals surface area contributed by atoms with Gasteiger partial charge in [-0.05, 0) is 185 Å². The maximum atomic E-state index is 15.4. The smallest absolute Gasteiger partial charge is 0.296 e. The number of primary amides is 2. The Morgan fingerprint density at radius 3 is 1.68 bits per heavy atom. The lowest BCUT2D eigenvalue weighted by Gasteiger charge is -2.26. The van der Waals surface area contributed by atoms with Crippen molar-refractivity contribution in [2.75, 3.05) is 0 Å². The number of amides is 4. The highest BCUT2D eigenvalue weighted by Crippen LogP contribution is 2.49. The number of hydrogen-bond donors (Lipinski definition) is 4. The first kappa shape index (κ1) is 42.4. The molecule has 2 aromatic carbocycles. The van der Waals surface area contributed by atoms with E-state index in [1.54, 1.807) is 13.8 Å². The van der Waals surface area contributed by atoms with E-state index in [-0.39, 0.29) is 23.9 Å². The first-order valence-corrected chi connectivity index (χ1v) is 21.6. The van der Waals surface area contributed by atoms with Crippen molar-refractivity contribution in [3.05, 3.63) is 91.6 Å². The number of halogens is 2. The van der Waals surface area contributed by atoms with Gasteiger partial charge in [0.25, 0.3) is 11.8 Å². The van der Waals surface area contributed by atoms with E-state index in [2.05, 4.69) is 40.4 Å². The Balaban J connectivity index is 0.000000181.